The molecule has 9 nitrogen and oxygen atoms in total. The molecule has 5 aromatic rings. The van der Waals surface area contributed by atoms with Gasteiger partial charge in [-0.05, 0) is 36.8 Å². The van der Waals surface area contributed by atoms with Crippen molar-refractivity contribution in [2.45, 2.75) is 44.1 Å². The summed E-state index contributed by atoms with van der Waals surface area (Å²) in [5, 5.41) is 48.3. The molecule has 2 aliphatic heterocycles. The number of phenols is 1. The van der Waals surface area contributed by atoms with Crippen LogP contribution in [0.2, 0.25) is 0 Å². The maximum Gasteiger partial charge on any atom is 0.252 e. The van der Waals surface area contributed by atoms with E-state index >= 15 is 0 Å². The van der Waals surface area contributed by atoms with Gasteiger partial charge in [-0.2, -0.15) is 0 Å². The molecule has 0 saturated carbocycles. The summed E-state index contributed by atoms with van der Waals surface area (Å²) in [6.07, 6.45) is -5.91. The number of amides is 1. The third-order valence-corrected chi connectivity index (χ3v) is 7.52. The number of aromatic nitrogens is 2. The van der Waals surface area contributed by atoms with E-state index in [-0.39, 0.29) is 11.7 Å². The smallest absolute Gasteiger partial charge is 0.252 e. The van der Waals surface area contributed by atoms with Gasteiger partial charge in [0.2, 0.25) is 0 Å². The minimum Gasteiger partial charge on any atom is -0.508 e. The number of phenolic OH excluding ortho intramolecular Hbond substituents is 1. The first-order chi connectivity index (χ1) is 16.9. The SMILES string of the molecule is CC1OC(n2c3ccc(O)cc3c3c4c(c5c6ccccc6[nH]c5c32)CNC4=O)C(O)C(O)C1O. The number of benzene rings is 3. The second kappa shape index (κ2) is 6.96. The highest BCUT2D eigenvalue weighted by Crippen LogP contribution is 2.46. The molecule has 6 N–H and O–H groups in total. The molecule has 1 saturated heterocycles. The largest absolute Gasteiger partial charge is 0.508 e. The van der Waals surface area contributed by atoms with Crippen molar-refractivity contribution in [1.82, 2.24) is 14.9 Å². The van der Waals surface area contributed by atoms with E-state index in [1.54, 1.807) is 23.6 Å². The Bertz CT molecular complexity index is 1700. The van der Waals surface area contributed by atoms with E-state index in [0.29, 0.717) is 33.9 Å². The van der Waals surface area contributed by atoms with Crippen molar-refractivity contribution in [3.8, 4) is 5.75 Å². The molecule has 0 spiro atoms. The van der Waals surface area contributed by atoms with Crippen molar-refractivity contribution in [3.05, 3.63) is 53.6 Å². The summed E-state index contributed by atoms with van der Waals surface area (Å²) in [7, 11) is 0. The number of nitrogens with zero attached hydrogens (tertiary/aromatic N) is 1. The van der Waals surface area contributed by atoms with Crippen LogP contribution in [0.1, 0.15) is 29.1 Å². The highest BCUT2D eigenvalue weighted by Gasteiger charge is 2.44. The zero-order valence-corrected chi connectivity index (χ0v) is 18.7. The Morgan fingerprint density at radius 1 is 1.00 bits per heavy atom. The summed E-state index contributed by atoms with van der Waals surface area (Å²) in [6, 6.07) is 12.7. The lowest BCUT2D eigenvalue weighted by Gasteiger charge is -2.40. The number of nitrogens with one attached hydrogen (secondary N) is 2. The van der Waals surface area contributed by atoms with Gasteiger partial charge in [-0.25, -0.2) is 0 Å². The van der Waals surface area contributed by atoms with E-state index in [1.165, 1.54) is 6.07 Å². The van der Waals surface area contributed by atoms with Crippen molar-refractivity contribution >= 4 is 49.5 Å². The van der Waals surface area contributed by atoms with Crippen molar-refractivity contribution in [3.63, 3.8) is 0 Å². The maximum atomic E-state index is 13.2. The van der Waals surface area contributed by atoms with Gasteiger partial charge in [0.1, 0.15) is 24.1 Å². The van der Waals surface area contributed by atoms with Gasteiger partial charge in [0.25, 0.3) is 5.91 Å². The number of hydrogen-bond acceptors (Lipinski definition) is 6. The molecule has 0 aliphatic carbocycles. The molecule has 5 atom stereocenters. The number of para-hydroxylation sites is 1. The van der Waals surface area contributed by atoms with E-state index in [4.69, 9.17) is 4.74 Å². The lowest BCUT2D eigenvalue weighted by Crippen LogP contribution is -2.54. The van der Waals surface area contributed by atoms with Gasteiger partial charge in [-0.15, -0.1) is 0 Å². The third kappa shape index (κ3) is 2.58. The lowest BCUT2D eigenvalue weighted by atomic mass is 9.96. The number of aromatic hydroxyl groups is 1. The molecule has 4 heterocycles. The maximum absolute atomic E-state index is 13.2. The molecular formula is C26H23N3O6. The first-order valence-corrected chi connectivity index (χ1v) is 11.6. The van der Waals surface area contributed by atoms with Gasteiger partial charge in [0.15, 0.2) is 6.23 Å². The highest BCUT2D eigenvalue weighted by atomic mass is 16.5. The number of fused-ring (bicyclic) bond motifs is 10. The van der Waals surface area contributed by atoms with E-state index in [1.807, 2.05) is 24.3 Å². The summed E-state index contributed by atoms with van der Waals surface area (Å²) in [4.78, 5) is 16.7. The Balaban J connectivity index is 1.71. The Kier molecular flexibility index (Phi) is 4.12. The third-order valence-electron chi connectivity index (χ3n) is 7.52. The standard InChI is InChI=1S/C26H23N3O6/c1-10-22(31)23(32)24(33)26(35-10)29-16-7-6-11(30)8-13(16)18-19-14(9-27-25(19)34)17-12-4-2-3-5-15(12)28-20(17)21(18)29/h2-8,10,22-24,26,28,30-33H,9H2,1H3,(H,27,34). The first kappa shape index (κ1) is 20.7. The average Bonchev–Trinajstić information content (AvgIpc) is 3.51. The summed E-state index contributed by atoms with van der Waals surface area (Å²) in [5.74, 6) is -0.178. The number of H-pyrrole nitrogens is 1. The second-order valence-electron chi connectivity index (χ2n) is 9.46. The second-order valence-corrected chi connectivity index (χ2v) is 9.46. The van der Waals surface area contributed by atoms with Gasteiger partial charge in [0.05, 0.1) is 28.2 Å². The van der Waals surface area contributed by atoms with Crippen LogP contribution in [0.5, 0.6) is 5.75 Å². The van der Waals surface area contributed by atoms with Crippen molar-refractivity contribution in [1.29, 1.82) is 0 Å². The molecule has 0 bridgehead atoms. The van der Waals surface area contributed by atoms with Gasteiger partial charge in [-0.3, -0.25) is 4.79 Å². The fourth-order valence-electron chi connectivity index (χ4n) is 5.90. The zero-order valence-electron chi connectivity index (χ0n) is 18.7. The number of rotatable bonds is 1. The van der Waals surface area contributed by atoms with Crippen LogP contribution in [0.3, 0.4) is 0 Å². The van der Waals surface area contributed by atoms with E-state index in [2.05, 4.69) is 10.3 Å². The van der Waals surface area contributed by atoms with Crippen LogP contribution >= 0.6 is 0 Å². The van der Waals surface area contributed by atoms with Crippen LogP contribution < -0.4 is 5.32 Å². The number of carbonyl (C=O) groups is 1. The van der Waals surface area contributed by atoms with E-state index < -0.39 is 30.6 Å². The molecular weight excluding hydrogens is 450 g/mol. The number of aromatic amines is 1. The van der Waals surface area contributed by atoms with Gasteiger partial charge < -0.3 is 40.0 Å². The summed E-state index contributed by atoms with van der Waals surface area (Å²) < 4.78 is 7.84. The van der Waals surface area contributed by atoms with Crippen LogP contribution in [0, 0.1) is 0 Å². The minimum absolute atomic E-state index is 0.0365. The molecule has 178 valence electrons. The zero-order chi connectivity index (χ0) is 24.2. The van der Waals surface area contributed by atoms with Gasteiger partial charge >= 0.3 is 0 Å². The fourth-order valence-corrected chi connectivity index (χ4v) is 5.90. The van der Waals surface area contributed by atoms with Crippen molar-refractivity contribution < 1.29 is 30.0 Å². The van der Waals surface area contributed by atoms with Crippen molar-refractivity contribution in [2.24, 2.45) is 0 Å². The Morgan fingerprint density at radius 3 is 2.63 bits per heavy atom. The molecule has 35 heavy (non-hydrogen) atoms. The first-order valence-electron chi connectivity index (χ1n) is 11.6. The Labute approximate surface area is 198 Å². The molecule has 2 aliphatic rings. The Morgan fingerprint density at radius 2 is 1.80 bits per heavy atom. The number of hydrogen-bond donors (Lipinski definition) is 6. The predicted molar refractivity (Wildman–Crippen MR) is 129 cm³/mol. The highest BCUT2D eigenvalue weighted by molar-refractivity contribution is 6.30. The van der Waals surface area contributed by atoms with Crippen LogP contribution in [0.4, 0.5) is 0 Å². The minimum atomic E-state index is -1.43. The van der Waals surface area contributed by atoms with Crippen molar-refractivity contribution in [2.75, 3.05) is 0 Å². The number of carbonyl (C=O) groups excluding carboxylic acids is 1. The molecule has 2 aromatic heterocycles. The van der Waals surface area contributed by atoms with Crippen LogP contribution in [-0.4, -0.2) is 60.3 Å². The molecule has 0 radical (unpaired) electrons. The average molecular weight is 473 g/mol. The summed E-state index contributed by atoms with van der Waals surface area (Å²) >= 11 is 0. The lowest BCUT2D eigenvalue weighted by molar-refractivity contribution is -0.238. The predicted octanol–water partition coefficient (Wildman–Crippen LogP) is 2.38. The Hall–Kier alpha value is -3.63. The number of aliphatic hydroxyl groups excluding tert-OH is 3. The quantitative estimate of drug-likeness (QED) is 0.221. The fraction of sp³-hybridized carbons (Fsp3) is 0.269. The van der Waals surface area contributed by atoms with Crippen LogP contribution in [-0.2, 0) is 11.3 Å². The number of ether oxygens (including phenoxy) is 1. The summed E-state index contributed by atoms with van der Waals surface area (Å²) in [6.45, 7) is 2.01. The van der Waals surface area contributed by atoms with E-state index in [0.717, 1.165) is 27.4 Å². The van der Waals surface area contributed by atoms with E-state index in [9.17, 15) is 25.2 Å². The van der Waals surface area contributed by atoms with Gasteiger partial charge in [0, 0.05) is 33.6 Å². The molecule has 5 unspecified atom stereocenters. The number of aliphatic hydroxyl groups is 3. The molecule has 9 heteroatoms. The molecule has 1 amide bonds. The molecule has 1 fully saturated rings. The molecule has 7 rings (SSSR count). The molecule has 3 aromatic carbocycles. The normalized spacial score (nSPS) is 26.7. The van der Waals surface area contributed by atoms with Crippen LogP contribution in [0.25, 0.3) is 43.6 Å². The summed E-state index contributed by atoms with van der Waals surface area (Å²) in [5.41, 5.74) is 4.27. The van der Waals surface area contributed by atoms with Gasteiger partial charge in [-0.1, -0.05) is 18.2 Å². The monoisotopic (exact) mass is 473 g/mol. The topological polar surface area (TPSA) is 140 Å². The van der Waals surface area contributed by atoms with Crippen LogP contribution in [0.15, 0.2) is 42.5 Å².